The third-order valence-corrected chi connectivity index (χ3v) is 4.09. The molecule has 4 heteroatoms. The van der Waals surface area contributed by atoms with Gasteiger partial charge in [-0.2, -0.15) is 0 Å². The van der Waals surface area contributed by atoms with Crippen molar-refractivity contribution in [2.75, 3.05) is 0 Å². The van der Waals surface area contributed by atoms with Gasteiger partial charge in [0, 0.05) is 12.3 Å². The van der Waals surface area contributed by atoms with Gasteiger partial charge in [-0.3, -0.25) is 4.79 Å². The van der Waals surface area contributed by atoms with Crippen molar-refractivity contribution in [3.8, 4) is 0 Å². The second kappa shape index (κ2) is 4.02. The Balaban J connectivity index is 1.72. The average Bonchev–Trinajstić information content (AvgIpc) is 2.83. The highest BCUT2D eigenvalue weighted by atomic mass is 16.8. The van der Waals surface area contributed by atoms with Crippen molar-refractivity contribution in [1.29, 1.82) is 0 Å². The molecule has 2 saturated heterocycles. The lowest BCUT2D eigenvalue weighted by Crippen LogP contribution is -2.44. The lowest BCUT2D eigenvalue weighted by molar-refractivity contribution is -0.158. The highest BCUT2D eigenvalue weighted by Gasteiger charge is 2.62. The SMILES string of the molecule is CC(C)CC(=O)C1OC2CC1C1OC(C)(C)OC21. The van der Waals surface area contributed by atoms with Crippen molar-refractivity contribution in [3.05, 3.63) is 0 Å². The first-order chi connectivity index (χ1) is 8.37. The van der Waals surface area contributed by atoms with Gasteiger partial charge in [-0.05, 0) is 26.2 Å². The number of ketones is 1. The van der Waals surface area contributed by atoms with E-state index in [1.165, 1.54) is 0 Å². The van der Waals surface area contributed by atoms with Crippen LogP contribution in [0.4, 0.5) is 0 Å². The molecule has 0 amide bonds. The van der Waals surface area contributed by atoms with Crippen LogP contribution >= 0.6 is 0 Å². The quantitative estimate of drug-likeness (QED) is 0.771. The molecule has 0 aromatic heterocycles. The summed E-state index contributed by atoms with van der Waals surface area (Å²) in [5, 5.41) is 0. The summed E-state index contributed by atoms with van der Waals surface area (Å²) >= 11 is 0. The summed E-state index contributed by atoms with van der Waals surface area (Å²) < 4.78 is 17.7. The van der Waals surface area contributed by atoms with E-state index in [1.807, 2.05) is 13.8 Å². The Bertz CT molecular complexity index is 363. The molecule has 2 bridgehead atoms. The molecule has 0 aromatic rings. The van der Waals surface area contributed by atoms with Crippen LogP contribution in [0.15, 0.2) is 0 Å². The van der Waals surface area contributed by atoms with Gasteiger partial charge in [0.2, 0.25) is 0 Å². The van der Waals surface area contributed by atoms with Crippen LogP contribution in [-0.4, -0.2) is 36.0 Å². The molecule has 0 N–H and O–H groups in total. The average molecular weight is 254 g/mol. The summed E-state index contributed by atoms with van der Waals surface area (Å²) in [5.41, 5.74) is 0. The molecule has 1 aliphatic carbocycles. The molecule has 2 heterocycles. The smallest absolute Gasteiger partial charge is 0.163 e. The van der Waals surface area contributed by atoms with Crippen molar-refractivity contribution in [1.82, 2.24) is 0 Å². The van der Waals surface area contributed by atoms with Crippen LogP contribution in [0.2, 0.25) is 0 Å². The van der Waals surface area contributed by atoms with Gasteiger partial charge in [0.1, 0.15) is 12.2 Å². The molecule has 0 radical (unpaired) electrons. The summed E-state index contributed by atoms with van der Waals surface area (Å²) in [7, 11) is 0. The Hall–Kier alpha value is -0.450. The molecule has 1 saturated carbocycles. The Morgan fingerprint density at radius 2 is 1.94 bits per heavy atom. The molecule has 3 fully saturated rings. The first-order valence-electron chi connectivity index (χ1n) is 6.91. The normalized spacial score (nSPS) is 44.6. The third kappa shape index (κ3) is 1.91. The predicted octanol–water partition coefficient (Wildman–Crippen LogP) is 1.91. The van der Waals surface area contributed by atoms with E-state index in [0.29, 0.717) is 12.3 Å². The third-order valence-electron chi connectivity index (χ3n) is 4.09. The lowest BCUT2D eigenvalue weighted by atomic mass is 9.91. The zero-order chi connectivity index (χ0) is 13.1. The van der Waals surface area contributed by atoms with Crippen LogP contribution in [0.25, 0.3) is 0 Å². The van der Waals surface area contributed by atoms with Crippen LogP contribution in [0.5, 0.6) is 0 Å². The molecular weight excluding hydrogens is 232 g/mol. The number of carbonyl (C=O) groups excluding carboxylic acids is 1. The Morgan fingerprint density at radius 3 is 2.61 bits per heavy atom. The Morgan fingerprint density at radius 1 is 1.28 bits per heavy atom. The van der Waals surface area contributed by atoms with E-state index in [-0.39, 0.29) is 36.1 Å². The minimum Gasteiger partial charge on any atom is -0.364 e. The zero-order valence-electron chi connectivity index (χ0n) is 11.5. The number of rotatable bonds is 3. The standard InChI is InChI=1S/C14H22O4/c1-7(2)5-9(15)11-8-6-10(16-11)13-12(8)17-14(3,4)18-13/h7-8,10-13H,5-6H2,1-4H3. The second-order valence-corrected chi connectivity index (χ2v) is 6.62. The highest BCUT2D eigenvalue weighted by Crippen LogP contribution is 2.50. The molecule has 0 aromatic carbocycles. The van der Waals surface area contributed by atoms with E-state index in [1.54, 1.807) is 0 Å². The topological polar surface area (TPSA) is 44.8 Å². The van der Waals surface area contributed by atoms with Gasteiger partial charge in [-0.25, -0.2) is 0 Å². The highest BCUT2D eigenvalue weighted by molar-refractivity contribution is 5.84. The molecule has 5 unspecified atom stereocenters. The molecular formula is C14H22O4. The summed E-state index contributed by atoms with van der Waals surface area (Å²) in [5.74, 6) is 0.261. The summed E-state index contributed by atoms with van der Waals surface area (Å²) in [6, 6.07) is 0. The number of hydrogen-bond acceptors (Lipinski definition) is 4. The van der Waals surface area contributed by atoms with E-state index in [4.69, 9.17) is 14.2 Å². The molecule has 0 spiro atoms. The Labute approximate surface area is 108 Å². The van der Waals surface area contributed by atoms with Crippen molar-refractivity contribution < 1.29 is 19.0 Å². The largest absolute Gasteiger partial charge is 0.364 e. The van der Waals surface area contributed by atoms with Crippen LogP contribution in [0, 0.1) is 11.8 Å². The first-order valence-corrected chi connectivity index (χ1v) is 6.91. The minimum absolute atomic E-state index is 0.0214. The van der Waals surface area contributed by atoms with Gasteiger partial charge in [0.25, 0.3) is 0 Å². The maximum Gasteiger partial charge on any atom is 0.163 e. The van der Waals surface area contributed by atoms with E-state index >= 15 is 0 Å². The number of carbonyl (C=O) groups is 1. The number of Topliss-reactive ketones (excluding diaryl/α,β-unsaturated/α-hetero) is 1. The van der Waals surface area contributed by atoms with Crippen LogP contribution in [-0.2, 0) is 19.0 Å². The first kappa shape index (κ1) is 12.6. The van der Waals surface area contributed by atoms with E-state index in [2.05, 4.69) is 13.8 Å². The van der Waals surface area contributed by atoms with Crippen LogP contribution in [0.3, 0.4) is 0 Å². The maximum atomic E-state index is 12.2. The van der Waals surface area contributed by atoms with Crippen molar-refractivity contribution in [2.24, 2.45) is 11.8 Å². The fourth-order valence-electron chi connectivity index (χ4n) is 3.52. The van der Waals surface area contributed by atoms with Crippen molar-refractivity contribution >= 4 is 5.78 Å². The van der Waals surface area contributed by atoms with Crippen LogP contribution in [0.1, 0.15) is 40.5 Å². The molecule has 102 valence electrons. The fourth-order valence-corrected chi connectivity index (χ4v) is 3.52. The summed E-state index contributed by atoms with van der Waals surface area (Å²) in [6.07, 6.45) is 1.34. The van der Waals surface area contributed by atoms with E-state index < -0.39 is 5.79 Å². The van der Waals surface area contributed by atoms with Gasteiger partial charge in [0.05, 0.1) is 12.2 Å². The molecule has 3 aliphatic rings. The monoisotopic (exact) mass is 254 g/mol. The van der Waals surface area contributed by atoms with Crippen LogP contribution < -0.4 is 0 Å². The molecule has 5 atom stereocenters. The van der Waals surface area contributed by atoms with Gasteiger partial charge >= 0.3 is 0 Å². The number of hydrogen-bond donors (Lipinski definition) is 0. The van der Waals surface area contributed by atoms with Gasteiger partial charge in [-0.15, -0.1) is 0 Å². The van der Waals surface area contributed by atoms with Gasteiger partial charge in [0.15, 0.2) is 11.6 Å². The van der Waals surface area contributed by atoms with E-state index in [9.17, 15) is 4.79 Å². The van der Waals surface area contributed by atoms with E-state index in [0.717, 1.165) is 6.42 Å². The Kier molecular flexibility index (Phi) is 2.81. The molecule has 4 nitrogen and oxygen atoms in total. The van der Waals surface area contributed by atoms with Gasteiger partial charge < -0.3 is 14.2 Å². The summed E-state index contributed by atoms with van der Waals surface area (Å²) in [4.78, 5) is 12.2. The number of fused-ring (bicyclic) bond motifs is 5. The predicted molar refractivity (Wildman–Crippen MR) is 65.1 cm³/mol. The van der Waals surface area contributed by atoms with Crippen molar-refractivity contribution in [2.45, 2.75) is 70.7 Å². The summed E-state index contributed by atoms with van der Waals surface area (Å²) in [6.45, 7) is 7.98. The van der Waals surface area contributed by atoms with Crippen molar-refractivity contribution in [3.63, 3.8) is 0 Å². The second-order valence-electron chi connectivity index (χ2n) is 6.62. The minimum atomic E-state index is -0.536. The molecule has 3 rings (SSSR count). The zero-order valence-corrected chi connectivity index (χ0v) is 11.5. The fraction of sp³-hybridized carbons (Fsp3) is 0.929. The molecule has 18 heavy (non-hydrogen) atoms. The molecule has 2 aliphatic heterocycles. The lowest BCUT2D eigenvalue weighted by Gasteiger charge is -2.28. The number of ether oxygens (including phenoxy) is 3. The maximum absolute atomic E-state index is 12.2. The van der Waals surface area contributed by atoms with Gasteiger partial charge in [-0.1, -0.05) is 13.8 Å².